The first-order valence-corrected chi connectivity index (χ1v) is 8.09. The van der Waals surface area contributed by atoms with E-state index in [1.165, 1.54) is 24.7 Å². The lowest BCUT2D eigenvalue weighted by Crippen LogP contribution is -2.33. The van der Waals surface area contributed by atoms with Gasteiger partial charge in [-0.2, -0.15) is 0 Å². The first-order valence-electron chi connectivity index (χ1n) is 8.09. The summed E-state index contributed by atoms with van der Waals surface area (Å²) in [5.74, 6) is 0.508. The number of amides is 1. The van der Waals surface area contributed by atoms with Crippen molar-refractivity contribution in [1.82, 2.24) is 15.3 Å². The van der Waals surface area contributed by atoms with Gasteiger partial charge in [0.1, 0.15) is 17.8 Å². The van der Waals surface area contributed by atoms with Crippen LogP contribution in [-0.2, 0) is 0 Å². The third kappa shape index (κ3) is 3.86. The van der Waals surface area contributed by atoms with Crippen LogP contribution >= 0.6 is 0 Å². The molecule has 1 aromatic heterocycles. The summed E-state index contributed by atoms with van der Waals surface area (Å²) < 4.78 is 0. The largest absolute Gasteiger partial charge is 0.348 e. The van der Waals surface area contributed by atoms with E-state index in [1.54, 1.807) is 6.07 Å². The smallest absolute Gasteiger partial charge is 0.270 e. The molecule has 1 fully saturated rings. The molecule has 1 aromatic carbocycles. The van der Waals surface area contributed by atoms with Gasteiger partial charge in [-0.15, -0.1) is 0 Å². The van der Waals surface area contributed by atoms with Crippen molar-refractivity contribution in [3.8, 4) is 0 Å². The van der Waals surface area contributed by atoms with Gasteiger partial charge in [0.2, 0.25) is 0 Å². The third-order valence-electron chi connectivity index (χ3n) is 4.25. The Labute approximate surface area is 136 Å². The van der Waals surface area contributed by atoms with Crippen LogP contribution in [0.25, 0.3) is 0 Å². The lowest BCUT2D eigenvalue weighted by atomic mass is 10.1. The standard InChI is InChI=1S/C18H22N4O/c1-12-7-8-13(2)15(9-12)22-17-10-16(19-11-20-17)18(23)21-14-5-3-4-6-14/h7-11,14H,3-6H2,1-2H3,(H,21,23)(H,19,20,22). The Morgan fingerprint density at radius 3 is 2.70 bits per heavy atom. The molecule has 1 saturated carbocycles. The van der Waals surface area contributed by atoms with Crippen LogP contribution in [0, 0.1) is 13.8 Å². The summed E-state index contributed by atoms with van der Waals surface area (Å²) in [5.41, 5.74) is 3.70. The van der Waals surface area contributed by atoms with E-state index in [1.807, 2.05) is 13.8 Å². The Balaban J connectivity index is 1.74. The monoisotopic (exact) mass is 310 g/mol. The summed E-state index contributed by atoms with van der Waals surface area (Å²) in [4.78, 5) is 20.6. The van der Waals surface area contributed by atoms with E-state index in [-0.39, 0.29) is 11.9 Å². The van der Waals surface area contributed by atoms with Crippen LogP contribution in [0.5, 0.6) is 0 Å². The first-order chi connectivity index (χ1) is 11.1. The lowest BCUT2D eigenvalue weighted by Gasteiger charge is -2.13. The second kappa shape index (κ2) is 6.77. The second-order valence-corrected chi connectivity index (χ2v) is 6.19. The number of carbonyl (C=O) groups excluding carboxylic acids is 1. The quantitative estimate of drug-likeness (QED) is 0.907. The molecule has 0 atom stereocenters. The van der Waals surface area contributed by atoms with E-state index in [9.17, 15) is 4.79 Å². The van der Waals surface area contributed by atoms with Gasteiger partial charge in [0.25, 0.3) is 5.91 Å². The molecule has 0 spiro atoms. The van der Waals surface area contributed by atoms with E-state index in [0.717, 1.165) is 24.1 Å². The summed E-state index contributed by atoms with van der Waals surface area (Å²) in [6, 6.07) is 8.18. The van der Waals surface area contributed by atoms with Gasteiger partial charge < -0.3 is 10.6 Å². The molecule has 1 heterocycles. The van der Waals surface area contributed by atoms with Crippen LogP contribution in [0.3, 0.4) is 0 Å². The molecule has 5 heteroatoms. The van der Waals surface area contributed by atoms with Crippen LogP contribution in [0.2, 0.25) is 0 Å². The fourth-order valence-corrected chi connectivity index (χ4v) is 2.89. The Morgan fingerprint density at radius 1 is 1.13 bits per heavy atom. The Bertz CT molecular complexity index is 708. The number of anilines is 2. The van der Waals surface area contributed by atoms with Crippen molar-refractivity contribution in [3.63, 3.8) is 0 Å². The molecule has 0 radical (unpaired) electrons. The molecule has 0 unspecified atom stereocenters. The summed E-state index contributed by atoms with van der Waals surface area (Å²) >= 11 is 0. The molecule has 2 aromatic rings. The zero-order valence-electron chi connectivity index (χ0n) is 13.6. The van der Waals surface area contributed by atoms with Crippen molar-refractivity contribution in [1.29, 1.82) is 0 Å². The first kappa shape index (κ1) is 15.5. The highest BCUT2D eigenvalue weighted by atomic mass is 16.1. The summed E-state index contributed by atoms with van der Waals surface area (Å²) in [7, 11) is 0. The zero-order valence-corrected chi connectivity index (χ0v) is 13.6. The molecule has 1 aliphatic rings. The fourth-order valence-electron chi connectivity index (χ4n) is 2.89. The molecular formula is C18H22N4O. The number of hydrogen-bond donors (Lipinski definition) is 2. The van der Waals surface area contributed by atoms with Crippen LogP contribution < -0.4 is 10.6 Å². The molecule has 1 aliphatic carbocycles. The van der Waals surface area contributed by atoms with Crippen LogP contribution in [-0.4, -0.2) is 21.9 Å². The van der Waals surface area contributed by atoms with E-state index < -0.39 is 0 Å². The number of hydrogen-bond acceptors (Lipinski definition) is 4. The highest BCUT2D eigenvalue weighted by Crippen LogP contribution is 2.21. The second-order valence-electron chi connectivity index (χ2n) is 6.19. The van der Waals surface area contributed by atoms with Gasteiger partial charge in [0.15, 0.2) is 0 Å². The SMILES string of the molecule is Cc1ccc(C)c(Nc2cc(C(=O)NC3CCCC3)ncn2)c1. The minimum atomic E-state index is -0.122. The van der Waals surface area contributed by atoms with Gasteiger partial charge in [-0.25, -0.2) is 9.97 Å². The molecule has 0 aliphatic heterocycles. The van der Waals surface area contributed by atoms with E-state index in [4.69, 9.17) is 0 Å². The lowest BCUT2D eigenvalue weighted by molar-refractivity contribution is 0.0932. The highest BCUT2D eigenvalue weighted by Gasteiger charge is 2.19. The van der Waals surface area contributed by atoms with E-state index in [0.29, 0.717) is 11.5 Å². The molecule has 0 bridgehead atoms. The number of nitrogens with zero attached hydrogens (tertiary/aromatic N) is 2. The molecule has 1 amide bonds. The molecule has 3 rings (SSSR count). The summed E-state index contributed by atoms with van der Waals surface area (Å²) in [6.07, 6.45) is 5.92. The van der Waals surface area contributed by atoms with Gasteiger partial charge in [-0.1, -0.05) is 25.0 Å². The van der Waals surface area contributed by atoms with Crippen LogP contribution in [0.15, 0.2) is 30.6 Å². The minimum absolute atomic E-state index is 0.122. The Hall–Kier alpha value is -2.43. The molecule has 5 nitrogen and oxygen atoms in total. The Kier molecular flexibility index (Phi) is 4.55. The third-order valence-corrected chi connectivity index (χ3v) is 4.25. The summed E-state index contributed by atoms with van der Waals surface area (Å²) in [6.45, 7) is 4.09. The maximum atomic E-state index is 12.3. The van der Waals surface area contributed by atoms with Gasteiger partial charge in [0.05, 0.1) is 0 Å². The number of nitrogens with one attached hydrogen (secondary N) is 2. The highest BCUT2D eigenvalue weighted by molar-refractivity contribution is 5.93. The van der Waals surface area contributed by atoms with Crippen molar-refractivity contribution in [2.75, 3.05) is 5.32 Å². The van der Waals surface area contributed by atoms with Crippen molar-refractivity contribution in [3.05, 3.63) is 47.4 Å². The summed E-state index contributed by atoms with van der Waals surface area (Å²) in [5, 5.41) is 6.32. The van der Waals surface area contributed by atoms with E-state index >= 15 is 0 Å². The van der Waals surface area contributed by atoms with Crippen molar-refractivity contribution in [2.24, 2.45) is 0 Å². The van der Waals surface area contributed by atoms with Crippen LogP contribution in [0.4, 0.5) is 11.5 Å². The molecule has 2 N–H and O–H groups in total. The number of benzene rings is 1. The predicted octanol–water partition coefficient (Wildman–Crippen LogP) is 3.51. The normalized spacial score (nSPS) is 14.7. The van der Waals surface area contributed by atoms with Crippen LogP contribution in [0.1, 0.15) is 47.3 Å². The fraction of sp³-hybridized carbons (Fsp3) is 0.389. The number of carbonyl (C=O) groups is 1. The topological polar surface area (TPSA) is 66.9 Å². The number of aromatic nitrogens is 2. The van der Waals surface area contributed by atoms with Gasteiger partial charge in [0, 0.05) is 17.8 Å². The average molecular weight is 310 g/mol. The molecule has 120 valence electrons. The Morgan fingerprint density at radius 2 is 1.91 bits per heavy atom. The zero-order chi connectivity index (χ0) is 16.2. The molecular weight excluding hydrogens is 288 g/mol. The minimum Gasteiger partial charge on any atom is -0.348 e. The van der Waals surface area contributed by atoms with Crippen molar-refractivity contribution >= 4 is 17.4 Å². The van der Waals surface area contributed by atoms with Gasteiger partial charge in [-0.3, -0.25) is 4.79 Å². The van der Waals surface area contributed by atoms with Crippen molar-refractivity contribution in [2.45, 2.75) is 45.6 Å². The number of aryl methyl sites for hydroxylation is 2. The predicted molar refractivity (Wildman–Crippen MR) is 91.0 cm³/mol. The average Bonchev–Trinajstić information content (AvgIpc) is 3.04. The van der Waals surface area contributed by atoms with E-state index in [2.05, 4.69) is 38.8 Å². The maximum Gasteiger partial charge on any atom is 0.270 e. The molecule has 0 saturated heterocycles. The number of rotatable bonds is 4. The molecule has 23 heavy (non-hydrogen) atoms. The van der Waals surface area contributed by atoms with Crippen molar-refractivity contribution < 1.29 is 4.79 Å². The van der Waals surface area contributed by atoms with Gasteiger partial charge >= 0.3 is 0 Å². The van der Waals surface area contributed by atoms with Gasteiger partial charge in [-0.05, 0) is 43.9 Å². The maximum absolute atomic E-state index is 12.3.